The van der Waals surface area contributed by atoms with Crippen LogP contribution in [0.4, 0.5) is 0 Å². The second-order valence-electron chi connectivity index (χ2n) is 4.90. The molecule has 1 aromatic rings. The molecule has 16 heavy (non-hydrogen) atoms. The number of hydrogen-bond acceptors (Lipinski definition) is 1. The molecule has 1 aromatic carbocycles. The lowest BCUT2D eigenvalue weighted by Gasteiger charge is -2.42. The molecule has 0 aromatic heterocycles. The van der Waals surface area contributed by atoms with Crippen LogP contribution in [0.3, 0.4) is 0 Å². The predicted molar refractivity (Wildman–Crippen MR) is 65.8 cm³/mol. The van der Waals surface area contributed by atoms with E-state index in [2.05, 4.69) is 30.3 Å². The third-order valence-corrected chi connectivity index (χ3v) is 4.09. The summed E-state index contributed by atoms with van der Waals surface area (Å²) in [5, 5.41) is 0. The zero-order chi connectivity index (χ0) is 11.0. The Hall–Kier alpha value is -1.24. The minimum Gasteiger partial charge on any atom is -0.497 e. The molecule has 0 radical (unpaired) electrons. The molecule has 2 aliphatic rings. The van der Waals surface area contributed by atoms with Gasteiger partial charge in [-0.25, -0.2) is 0 Å². The largest absolute Gasteiger partial charge is 0.497 e. The van der Waals surface area contributed by atoms with E-state index >= 15 is 0 Å². The maximum absolute atomic E-state index is 5.20. The topological polar surface area (TPSA) is 9.23 Å². The minimum atomic E-state index is 0.775. The number of hydrogen-bond donors (Lipinski definition) is 0. The standard InChI is InChI=1S/C15H18O/c1-16-13-8-6-11(7-9-13)15-10-12-4-2-3-5-14(12)15/h4,6-9,14-15H,2-3,5,10H2,1H3/t14-,15+/m0/s1. The summed E-state index contributed by atoms with van der Waals surface area (Å²) in [6.45, 7) is 0. The Morgan fingerprint density at radius 3 is 2.62 bits per heavy atom. The third-order valence-electron chi connectivity index (χ3n) is 4.09. The SMILES string of the molecule is COc1ccc([C@H]2CC3=CCCC[C@@H]32)cc1. The molecule has 0 N–H and O–H groups in total. The number of allylic oxidation sites excluding steroid dienone is 2. The maximum atomic E-state index is 5.20. The lowest BCUT2D eigenvalue weighted by atomic mass is 9.62. The number of methoxy groups -OCH3 is 1. The Bertz CT molecular complexity index is 402. The Morgan fingerprint density at radius 1 is 1.12 bits per heavy atom. The molecule has 0 spiro atoms. The molecular formula is C15H18O. The molecule has 0 heterocycles. The normalized spacial score (nSPS) is 27.7. The second-order valence-corrected chi connectivity index (χ2v) is 4.90. The maximum Gasteiger partial charge on any atom is 0.118 e. The van der Waals surface area contributed by atoms with E-state index in [1.165, 1.54) is 31.2 Å². The molecule has 0 saturated heterocycles. The van der Waals surface area contributed by atoms with Crippen molar-refractivity contribution >= 4 is 0 Å². The minimum absolute atomic E-state index is 0.775. The second kappa shape index (κ2) is 3.97. The fourth-order valence-electron chi connectivity index (χ4n) is 3.09. The van der Waals surface area contributed by atoms with E-state index < -0.39 is 0 Å². The van der Waals surface area contributed by atoms with Crippen molar-refractivity contribution in [2.24, 2.45) is 5.92 Å². The van der Waals surface area contributed by atoms with Gasteiger partial charge in [0.15, 0.2) is 0 Å². The van der Waals surface area contributed by atoms with Crippen LogP contribution >= 0.6 is 0 Å². The Morgan fingerprint density at radius 2 is 1.94 bits per heavy atom. The summed E-state index contributed by atoms with van der Waals surface area (Å²) in [5.74, 6) is 2.59. The monoisotopic (exact) mass is 214 g/mol. The highest BCUT2D eigenvalue weighted by atomic mass is 16.5. The van der Waals surface area contributed by atoms with Gasteiger partial charge in [0, 0.05) is 0 Å². The van der Waals surface area contributed by atoms with Crippen molar-refractivity contribution in [1.82, 2.24) is 0 Å². The molecule has 1 nitrogen and oxygen atoms in total. The van der Waals surface area contributed by atoms with Crippen LogP contribution in [0.15, 0.2) is 35.9 Å². The van der Waals surface area contributed by atoms with Crippen LogP contribution < -0.4 is 4.74 Å². The first-order valence-corrected chi connectivity index (χ1v) is 6.21. The fraction of sp³-hybridized carbons (Fsp3) is 0.467. The van der Waals surface area contributed by atoms with Gasteiger partial charge in [0.2, 0.25) is 0 Å². The number of benzene rings is 1. The quantitative estimate of drug-likeness (QED) is 0.678. The van der Waals surface area contributed by atoms with Crippen LogP contribution in [0.25, 0.3) is 0 Å². The van der Waals surface area contributed by atoms with E-state index in [1.807, 2.05) is 0 Å². The highest BCUT2D eigenvalue weighted by Gasteiger charge is 2.37. The number of rotatable bonds is 2. The van der Waals surface area contributed by atoms with E-state index in [4.69, 9.17) is 4.74 Å². The van der Waals surface area contributed by atoms with Gasteiger partial charge in [-0.1, -0.05) is 23.8 Å². The Labute approximate surface area is 97.1 Å². The van der Waals surface area contributed by atoms with E-state index in [1.54, 1.807) is 12.7 Å². The molecule has 1 heteroatoms. The van der Waals surface area contributed by atoms with Crippen molar-refractivity contribution in [3.8, 4) is 5.75 Å². The summed E-state index contributed by atoms with van der Waals surface area (Å²) in [4.78, 5) is 0. The van der Waals surface area contributed by atoms with Gasteiger partial charge in [-0.15, -0.1) is 0 Å². The first-order chi connectivity index (χ1) is 7.88. The highest BCUT2D eigenvalue weighted by Crippen LogP contribution is 2.51. The van der Waals surface area contributed by atoms with Gasteiger partial charge in [-0.3, -0.25) is 0 Å². The van der Waals surface area contributed by atoms with Crippen LogP contribution in [-0.4, -0.2) is 7.11 Å². The first kappa shape index (κ1) is 9.95. The first-order valence-electron chi connectivity index (χ1n) is 6.21. The van der Waals surface area contributed by atoms with Gasteiger partial charge in [-0.2, -0.15) is 0 Å². The smallest absolute Gasteiger partial charge is 0.118 e. The van der Waals surface area contributed by atoms with E-state index in [-0.39, 0.29) is 0 Å². The molecule has 3 rings (SSSR count). The molecule has 2 atom stereocenters. The molecular weight excluding hydrogens is 196 g/mol. The molecule has 0 bridgehead atoms. The summed E-state index contributed by atoms with van der Waals surface area (Å²) in [6.07, 6.45) is 7.83. The van der Waals surface area contributed by atoms with Crippen LogP contribution in [0.5, 0.6) is 5.75 Å². The van der Waals surface area contributed by atoms with Crippen molar-refractivity contribution < 1.29 is 4.74 Å². The average molecular weight is 214 g/mol. The molecule has 84 valence electrons. The van der Waals surface area contributed by atoms with Crippen molar-refractivity contribution in [1.29, 1.82) is 0 Å². The lowest BCUT2D eigenvalue weighted by molar-refractivity contribution is 0.322. The van der Waals surface area contributed by atoms with Gasteiger partial charge >= 0.3 is 0 Å². The number of fused-ring (bicyclic) bond motifs is 1. The van der Waals surface area contributed by atoms with Gasteiger partial charge in [0.1, 0.15) is 5.75 Å². The van der Waals surface area contributed by atoms with E-state index in [9.17, 15) is 0 Å². The molecule has 2 aliphatic carbocycles. The van der Waals surface area contributed by atoms with Crippen molar-refractivity contribution in [3.63, 3.8) is 0 Å². The number of ether oxygens (including phenoxy) is 1. The van der Waals surface area contributed by atoms with Gasteiger partial charge in [-0.05, 0) is 55.2 Å². The highest BCUT2D eigenvalue weighted by molar-refractivity contribution is 5.37. The van der Waals surface area contributed by atoms with Crippen LogP contribution in [0.1, 0.15) is 37.2 Å². The van der Waals surface area contributed by atoms with Crippen LogP contribution in [0.2, 0.25) is 0 Å². The molecule has 0 amide bonds. The summed E-state index contributed by atoms with van der Waals surface area (Å²) >= 11 is 0. The predicted octanol–water partition coefficient (Wildman–Crippen LogP) is 3.91. The van der Waals surface area contributed by atoms with Crippen molar-refractivity contribution in [3.05, 3.63) is 41.5 Å². The zero-order valence-corrected chi connectivity index (χ0v) is 9.78. The van der Waals surface area contributed by atoms with Gasteiger partial charge in [0.25, 0.3) is 0 Å². The summed E-state index contributed by atoms with van der Waals surface area (Å²) < 4.78 is 5.20. The molecule has 0 aliphatic heterocycles. The third kappa shape index (κ3) is 1.55. The van der Waals surface area contributed by atoms with Gasteiger partial charge in [0.05, 0.1) is 7.11 Å². The molecule has 1 saturated carbocycles. The van der Waals surface area contributed by atoms with Crippen molar-refractivity contribution in [2.75, 3.05) is 7.11 Å². The molecule has 0 unspecified atom stereocenters. The average Bonchev–Trinajstić information content (AvgIpc) is 2.32. The fourth-order valence-corrected chi connectivity index (χ4v) is 3.09. The molecule has 1 fully saturated rings. The van der Waals surface area contributed by atoms with Crippen molar-refractivity contribution in [2.45, 2.75) is 31.6 Å². The Kier molecular flexibility index (Phi) is 2.47. The van der Waals surface area contributed by atoms with Crippen LogP contribution in [-0.2, 0) is 0 Å². The van der Waals surface area contributed by atoms with Crippen LogP contribution in [0, 0.1) is 5.92 Å². The van der Waals surface area contributed by atoms with Gasteiger partial charge < -0.3 is 4.74 Å². The zero-order valence-electron chi connectivity index (χ0n) is 9.78. The summed E-state index contributed by atoms with van der Waals surface area (Å²) in [6, 6.07) is 8.63. The summed E-state index contributed by atoms with van der Waals surface area (Å²) in [5.41, 5.74) is 3.21. The lowest BCUT2D eigenvalue weighted by Crippen LogP contribution is -2.28. The van der Waals surface area contributed by atoms with E-state index in [0.29, 0.717) is 0 Å². The summed E-state index contributed by atoms with van der Waals surface area (Å²) in [7, 11) is 1.72. The Balaban J connectivity index is 1.78. The van der Waals surface area contributed by atoms with E-state index in [0.717, 1.165) is 17.6 Å².